The van der Waals surface area contributed by atoms with Crippen LogP contribution in [0.15, 0.2) is 36.4 Å². The van der Waals surface area contributed by atoms with Gasteiger partial charge in [-0.15, -0.1) is 0 Å². The molecule has 0 bridgehead atoms. The van der Waals surface area contributed by atoms with Crippen molar-refractivity contribution in [3.8, 4) is 17.6 Å². The fraction of sp³-hybridized carbons (Fsp3) is 0.667. The van der Waals surface area contributed by atoms with Crippen LogP contribution in [0.5, 0.6) is 5.75 Å². The quantitative estimate of drug-likeness (QED) is 0.363. The maximum Gasteiger partial charge on any atom is 0.119 e. The highest BCUT2D eigenvalue weighted by Gasteiger charge is 2.23. The van der Waals surface area contributed by atoms with Crippen LogP contribution in [0.2, 0.25) is 0 Å². The molecule has 2 saturated carbocycles. The van der Waals surface area contributed by atoms with Gasteiger partial charge in [0, 0.05) is 5.56 Å². The maximum atomic E-state index is 5.48. The van der Waals surface area contributed by atoms with Crippen LogP contribution in [0, 0.1) is 35.5 Å². The first-order chi connectivity index (χ1) is 15.3. The highest BCUT2D eigenvalue weighted by Crippen LogP contribution is 2.37. The zero-order valence-electron chi connectivity index (χ0n) is 20.1. The first-order valence-corrected chi connectivity index (χ1v) is 13.2. The fourth-order valence-electron chi connectivity index (χ4n) is 5.55. The molecule has 0 saturated heterocycles. The van der Waals surface area contributed by atoms with E-state index in [4.69, 9.17) is 4.74 Å². The van der Waals surface area contributed by atoms with Crippen LogP contribution in [-0.4, -0.2) is 6.61 Å². The van der Waals surface area contributed by atoms with Crippen LogP contribution in [0.4, 0.5) is 0 Å². The minimum atomic E-state index is 0.704. The van der Waals surface area contributed by atoms with E-state index >= 15 is 0 Å². The minimum absolute atomic E-state index is 0.704. The second-order valence-electron chi connectivity index (χ2n) is 9.97. The zero-order valence-corrected chi connectivity index (χ0v) is 20.1. The Labute approximate surface area is 192 Å². The molecule has 0 unspecified atom stereocenters. The van der Waals surface area contributed by atoms with Crippen molar-refractivity contribution in [2.45, 2.75) is 97.3 Å². The van der Waals surface area contributed by atoms with Gasteiger partial charge in [-0.3, -0.25) is 0 Å². The van der Waals surface area contributed by atoms with Gasteiger partial charge < -0.3 is 4.74 Å². The third kappa shape index (κ3) is 8.76. The molecule has 0 N–H and O–H groups in total. The lowest BCUT2D eigenvalue weighted by Gasteiger charge is -2.31. The molecule has 3 rings (SSSR count). The molecule has 0 aromatic heterocycles. The number of allylic oxidation sites excluding steroid dienone is 2. The summed E-state index contributed by atoms with van der Waals surface area (Å²) in [5, 5.41) is 0. The summed E-state index contributed by atoms with van der Waals surface area (Å²) in [7, 11) is 0. The van der Waals surface area contributed by atoms with Gasteiger partial charge in [0.2, 0.25) is 0 Å². The van der Waals surface area contributed by atoms with E-state index in [0.717, 1.165) is 35.0 Å². The van der Waals surface area contributed by atoms with Crippen molar-refractivity contribution in [1.29, 1.82) is 0 Å². The normalized spacial score (nSPS) is 26.4. The van der Waals surface area contributed by atoms with E-state index in [1.165, 1.54) is 83.5 Å². The summed E-state index contributed by atoms with van der Waals surface area (Å²) in [5.74, 6) is 11.2. The van der Waals surface area contributed by atoms with Gasteiger partial charge in [-0.05, 0) is 86.6 Å². The first-order valence-electron chi connectivity index (χ1n) is 13.2. The van der Waals surface area contributed by atoms with Gasteiger partial charge in [0.05, 0.1) is 6.61 Å². The fourth-order valence-corrected chi connectivity index (χ4v) is 5.55. The Morgan fingerprint density at radius 2 is 1.39 bits per heavy atom. The smallest absolute Gasteiger partial charge is 0.119 e. The molecule has 0 heterocycles. The first kappa shape index (κ1) is 24.0. The molecule has 31 heavy (non-hydrogen) atoms. The van der Waals surface area contributed by atoms with Gasteiger partial charge in [-0.25, -0.2) is 0 Å². The summed E-state index contributed by atoms with van der Waals surface area (Å²) in [6.07, 6.45) is 23.3. The minimum Gasteiger partial charge on any atom is -0.494 e. The molecule has 2 aliphatic carbocycles. The Morgan fingerprint density at radius 3 is 1.97 bits per heavy atom. The second kappa shape index (κ2) is 13.7. The standard InChI is InChI=1S/C30H44O/c1-3-5-8-25-11-15-28(16-12-25)19-20-29-17-13-26(14-18-29)9-6-7-10-27-21-23-30(24-22-27)31-4-2/h6,9,21-26,28-29H,3-5,8,11-20H2,1-2H3. The summed E-state index contributed by atoms with van der Waals surface area (Å²) < 4.78 is 5.48. The van der Waals surface area contributed by atoms with Gasteiger partial charge in [0.1, 0.15) is 5.75 Å². The molecule has 1 heteroatoms. The topological polar surface area (TPSA) is 9.23 Å². The lowest BCUT2D eigenvalue weighted by molar-refractivity contribution is 0.220. The molecule has 1 nitrogen and oxygen atoms in total. The summed E-state index contributed by atoms with van der Waals surface area (Å²) in [6, 6.07) is 8.07. The SMILES string of the molecule is CCCCC1CCC(CCC2CCC(C=CC#Cc3ccc(OCC)cc3)CC2)CC1. The van der Waals surface area contributed by atoms with E-state index in [1.54, 1.807) is 0 Å². The molecule has 0 radical (unpaired) electrons. The Balaban J connectivity index is 1.29. The molecular formula is C30H44O. The average Bonchev–Trinajstić information content (AvgIpc) is 2.82. The van der Waals surface area contributed by atoms with Crippen molar-refractivity contribution >= 4 is 0 Å². The second-order valence-corrected chi connectivity index (χ2v) is 9.97. The predicted molar refractivity (Wildman–Crippen MR) is 133 cm³/mol. The van der Waals surface area contributed by atoms with Gasteiger partial charge in [0.25, 0.3) is 0 Å². The number of hydrogen-bond acceptors (Lipinski definition) is 1. The molecular weight excluding hydrogens is 376 g/mol. The maximum absolute atomic E-state index is 5.48. The van der Waals surface area contributed by atoms with Gasteiger partial charge in [-0.2, -0.15) is 0 Å². The monoisotopic (exact) mass is 420 g/mol. The zero-order chi connectivity index (χ0) is 21.7. The Kier molecular flexibility index (Phi) is 10.6. The molecule has 0 aliphatic heterocycles. The Morgan fingerprint density at radius 1 is 0.806 bits per heavy atom. The van der Waals surface area contributed by atoms with Crippen LogP contribution in [0.25, 0.3) is 0 Å². The van der Waals surface area contributed by atoms with Gasteiger partial charge in [-0.1, -0.05) is 82.6 Å². The van der Waals surface area contributed by atoms with Crippen LogP contribution >= 0.6 is 0 Å². The highest BCUT2D eigenvalue weighted by atomic mass is 16.5. The van der Waals surface area contributed by atoms with Crippen LogP contribution in [0.1, 0.15) is 103 Å². The average molecular weight is 421 g/mol. The van der Waals surface area contributed by atoms with E-state index in [-0.39, 0.29) is 0 Å². The molecule has 2 fully saturated rings. The van der Waals surface area contributed by atoms with E-state index in [0.29, 0.717) is 6.61 Å². The Hall–Kier alpha value is -1.68. The van der Waals surface area contributed by atoms with Gasteiger partial charge >= 0.3 is 0 Å². The lowest BCUT2D eigenvalue weighted by atomic mass is 9.75. The largest absolute Gasteiger partial charge is 0.494 e. The van der Waals surface area contributed by atoms with Crippen LogP contribution in [-0.2, 0) is 0 Å². The number of ether oxygens (including phenoxy) is 1. The van der Waals surface area contributed by atoms with Crippen molar-refractivity contribution in [2.75, 3.05) is 6.61 Å². The third-order valence-electron chi connectivity index (χ3n) is 7.64. The van der Waals surface area contributed by atoms with E-state index in [2.05, 4.69) is 30.9 Å². The van der Waals surface area contributed by atoms with Crippen molar-refractivity contribution in [2.24, 2.45) is 23.7 Å². The van der Waals surface area contributed by atoms with E-state index in [1.807, 2.05) is 31.2 Å². The molecule has 0 spiro atoms. The van der Waals surface area contributed by atoms with Crippen LogP contribution < -0.4 is 4.74 Å². The summed E-state index contributed by atoms with van der Waals surface area (Å²) in [6.45, 7) is 5.04. The summed E-state index contributed by atoms with van der Waals surface area (Å²) in [4.78, 5) is 0. The molecule has 2 aliphatic rings. The van der Waals surface area contributed by atoms with Gasteiger partial charge in [0.15, 0.2) is 0 Å². The molecule has 1 aromatic carbocycles. The van der Waals surface area contributed by atoms with Crippen LogP contribution in [0.3, 0.4) is 0 Å². The van der Waals surface area contributed by atoms with E-state index in [9.17, 15) is 0 Å². The van der Waals surface area contributed by atoms with Crippen molar-refractivity contribution < 1.29 is 4.74 Å². The molecule has 0 atom stereocenters. The van der Waals surface area contributed by atoms with Crippen molar-refractivity contribution in [3.05, 3.63) is 42.0 Å². The number of benzene rings is 1. The molecule has 170 valence electrons. The highest BCUT2D eigenvalue weighted by molar-refractivity contribution is 5.40. The summed E-state index contributed by atoms with van der Waals surface area (Å²) >= 11 is 0. The van der Waals surface area contributed by atoms with E-state index < -0.39 is 0 Å². The Bertz CT molecular complexity index is 688. The molecule has 0 amide bonds. The number of hydrogen-bond donors (Lipinski definition) is 0. The number of rotatable bonds is 9. The number of unbranched alkanes of at least 4 members (excludes halogenated alkanes) is 1. The summed E-state index contributed by atoms with van der Waals surface area (Å²) in [5.41, 5.74) is 1.05. The van der Waals surface area contributed by atoms with Crippen molar-refractivity contribution in [3.63, 3.8) is 0 Å². The lowest BCUT2D eigenvalue weighted by Crippen LogP contribution is -2.17. The van der Waals surface area contributed by atoms with Crippen molar-refractivity contribution in [1.82, 2.24) is 0 Å². The molecule has 1 aromatic rings. The third-order valence-corrected chi connectivity index (χ3v) is 7.64. The predicted octanol–water partition coefficient (Wildman–Crippen LogP) is 8.58.